The molecule has 0 N–H and O–H groups in total. The van der Waals surface area contributed by atoms with Crippen molar-refractivity contribution in [1.82, 2.24) is 14.7 Å². The van der Waals surface area contributed by atoms with Crippen LogP contribution in [0.2, 0.25) is 0 Å². The molecule has 2 aliphatic heterocycles. The monoisotopic (exact) mass is 469 g/mol. The lowest BCUT2D eigenvalue weighted by atomic mass is 10.1. The lowest BCUT2D eigenvalue weighted by Crippen LogP contribution is -2.38. The smallest absolute Gasteiger partial charge is 0.226 e. The number of sulfone groups is 1. The molecule has 2 aliphatic rings. The second-order valence-corrected chi connectivity index (χ2v) is 10.2. The number of hydrogen-bond donors (Lipinski definition) is 0. The highest BCUT2D eigenvalue weighted by atomic mass is 35.5. The Morgan fingerprint density at radius 2 is 1.66 bits per heavy atom. The Morgan fingerprint density at radius 3 is 2.50 bits per heavy atom. The van der Waals surface area contributed by atoms with Gasteiger partial charge in [-0.15, -0.1) is 12.4 Å². The summed E-state index contributed by atoms with van der Waals surface area (Å²) >= 11 is 0. The summed E-state index contributed by atoms with van der Waals surface area (Å²) in [4.78, 5) is 2.70. The van der Waals surface area contributed by atoms with E-state index in [9.17, 15) is 8.42 Å². The van der Waals surface area contributed by atoms with Crippen molar-refractivity contribution in [3.8, 4) is 5.75 Å². The quantitative estimate of drug-likeness (QED) is 0.446. The van der Waals surface area contributed by atoms with E-state index in [4.69, 9.17) is 4.74 Å². The number of nitrogens with zero attached hydrogens (tertiary/aromatic N) is 3. The Labute approximate surface area is 193 Å². The van der Waals surface area contributed by atoms with Gasteiger partial charge in [-0.1, -0.05) is 42.5 Å². The van der Waals surface area contributed by atoms with E-state index in [1.54, 1.807) is 12.1 Å². The van der Waals surface area contributed by atoms with Gasteiger partial charge in [0, 0.05) is 17.3 Å². The maximum Gasteiger partial charge on any atom is 0.226 e. The molecule has 1 atom stereocenters. The van der Waals surface area contributed by atoms with Gasteiger partial charge in [0.15, 0.2) is 5.03 Å². The zero-order valence-electron chi connectivity index (χ0n) is 17.5. The first-order valence-corrected chi connectivity index (χ1v) is 12.2. The Kier molecular flexibility index (Phi) is 5.35. The summed E-state index contributed by atoms with van der Waals surface area (Å²) in [5.74, 6) is 0.708. The van der Waals surface area contributed by atoms with Crippen LogP contribution in [-0.2, 0) is 16.4 Å². The Bertz CT molecular complexity index is 1410. The molecule has 1 aromatic heterocycles. The molecule has 0 bridgehead atoms. The van der Waals surface area contributed by atoms with E-state index < -0.39 is 9.84 Å². The van der Waals surface area contributed by atoms with Crippen molar-refractivity contribution in [2.75, 3.05) is 19.6 Å². The number of likely N-dealkylation sites (tertiary alicyclic amines) is 1. The van der Waals surface area contributed by atoms with Crippen LogP contribution in [0.5, 0.6) is 5.75 Å². The molecule has 4 aromatic rings. The van der Waals surface area contributed by atoms with Gasteiger partial charge in [-0.3, -0.25) is 9.58 Å². The first kappa shape index (κ1) is 21.2. The highest BCUT2D eigenvalue weighted by Crippen LogP contribution is 2.37. The average Bonchev–Trinajstić information content (AvgIpc) is 3.43. The summed E-state index contributed by atoms with van der Waals surface area (Å²) in [6, 6.07) is 18.5. The van der Waals surface area contributed by atoms with Crippen molar-refractivity contribution >= 4 is 43.9 Å². The van der Waals surface area contributed by atoms with Crippen molar-refractivity contribution in [2.24, 2.45) is 0 Å². The van der Waals surface area contributed by atoms with Crippen LogP contribution < -0.4 is 4.74 Å². The molecule has 0 aliphatic carbocycles. The molecular formula is C24H24ClN3O3S. The SMILES string of the molecule is Cl.O=S(=O)(c1cccc2ccccc12)c1nn2c3c(cccc13)OC(CN1CCCC1)C2. The van der Waals surface area contributed by atoms with Crippen molar-refractivity contribution < 1.29 is 13.2 Å². The molecule has 6 nitrogen and oxygen atoms in total. The third-order valence-electron chi connectivity index (χ3n) is 6.32. The van der Waals surface area contributed by atoms with Gasteiger partial charge in [-0.25, -0.2) is 8.42 Å². The van der Waals surface area contributed by atoms with Gasteiger partial charge in [0.1, 0.15) is 17.4 Å². The van der Waals surface area contributed by atoms with Crippen LogP contribution in [0.4, 0.5) is 0 Å². The minimum absolute atomic E-state index is 0. The van der Waals surface area contributed by atoms with Crippen molar-refractivity contribution in [1.29, 1.82) is 0 Å². The summed E-state index contributed by atoms with van der Waals surface area (Å²) in [6.45, 7) is 3.57. The van der Waals surface area contributed by atoms with Crippen LogP contribution in [0.3, 0.4) is 0 Å². The number of aromatic nitrogens is 2. The van der Waals surface area contributed by atoms with Crippen LogP contribution in [-0.4, -0.2) is 48.8 Å². The van der Waals surface area contributed by atoms with Gasteiger partial charge in [0.2, 0.25) is 9.84 Å². The zero-order valence-corrected chi connectivity index (χ0v) is 19.1. The maximum atomic E-state index is 13.8. The maximum absolute atomic E-state index is 13.8. The predicted octanol–water partition coefficient (Wildman–Crippen LogP) is 4.30. The van der Waals surface area contributed by atoms with Crippen LogP contribution >= 0.6 is 12.4 Å². The lowest BCUT2D eigenvalue weighted by Gasteiger charge is -2.28. The number of ether oxygens (including phenoxy) is 1. The van der Waals surface area contributed by atoms with Gasteiger partial charge in [0.25, 0.3) is 0 Å². The first-order valence-electron chi connectivity index (χ1n) is 10.7. The molecule has 6 rings (SSSR count). The average molecular weight is 470 g/mol. The molecule has 1 fully saturated rings. The fourth-order valence-electron chi connectivity index (χ4n) is 4.89. The van der Waals surface area contributed by atoms with E-state index in [0.717, 1.165) is 30.5 Å². The number of rotatable bonds is 4. The predicted molar refractivity (Wildman–Crippen MR) is 126 cm³/mol. The van der Waals surface area contributed by atoms with Crippen LogP contribution in [0.1, 0.15) is 12.8 Å². The third kappa shape index (κ3) is 3.36. The summed E-state index contributed by atoms with van der Waals surface area (Å²) in [5, 5.41) is 6.95. The molecule has 0 spiro atoms. The molecule has 1 unspecified atom stereocenters. The second-order valence-electron chi connectivity index (χ2n) is 8.37. The zero-order chi connectivity index (χ0) is 21.0. The summed E-state index contributed by atoms with van der Waals surface area (Å²) in [5.41, 5.74) is 0.763. The standard InChI is InChI=1S/C24H23N3O3S.ClH/c28-31(29,22-12-5-8-17-7-1-2-9-19(17)22)24-20-10-6-11-21-23(20)27(25-24)16-18(30-21)15-26-13-3-4-14-26;/h1-2,5-12,18H,3-4,13-16H2;1H. The van der Waals surface area contributed by atoms with Crippen molar-refractivity contribution in [3.63, 3.8) is 0 Å². The molecule has 166 valence electrons. The van der Waals surface area contributed by atoms with E-state index in [2.05, 4.69) is 10.00 Å². The van der Waals surface area contributed by atoms with Crippen molar-refractivity contribution in [3.05, 3.63) is 60.7 Å². The number of hydrogen-bond acceptors (Lipinski definition) is 5. The molecule has 1 saturated heterocycles. The van der Waals surface area contributed by atoms with Crippen LogP contribution in [0.25, 0.3) is 21.7 Å². The van der Waals surface area contributed by atoms with Gasteiger partial charge < -0.3 is 4.74 Å². The molecule has 0 saturated carbocycles. The highest BCUT2D eigenvalue weighted by molar-refractivity contribution is 7.91. The summed E-state index contributed by atoms with van der Waals surface area (Å²) in [7, 11) is -3.81. The largest absolute Gasteiger partial charge is 0.485 e. The molecule has 0 amide bonds. The minimum Gasteiger partial charge on any atom is -0.485 e. The molecule has 32 heavy (non-hydrogen) atoms. The third-order valence-corrected chi connectivity index (χ3v) is 8.07. The Hall–Kier alpha value is -2.61. The van der Waals surface area contributed by atoms with Gasteiger partial charge in [-0.05, 0) is 49.5 Å². The van der Waals surface area contributed by atoms with E-state index in [-0.39, 0.29) is 28.4 Å². The van der Waals surface area contributed by atoms with Gasteiger partial charge in [0.05, 0.1) is 11.4 Å². The van der Waals surface area contributed by atoms with E-state index >= 15 is 0 Å². The molecule has 8 heteroatoms. The topological polar surface area (TPSA) is 64.4 Å². The Morgan fingerprint density at radius 1 is 0.938 bits per heavy atom. The van der Waals surface area contributed by atoms with E-state index in [1.807, 2.05) is 53.2 Å². The van der Waals surface area contributed by atoms with Crippen LogP contribution in [0.15, 0.2) is 70.6 Å². The van der Waals surface area contributed by atoms with Crippen molar-refractivity contribution in [2.45, 2.75) is 35.4 Å². The number of para-hydroxylation sites is 1. The highest BCUT2D eigenvalue weighted by Gasteiger charge is 2.32. The van der Waals surface area contributed by atoms with Crippen LogP contribution in [0, 0.1) is 0 Å². The van der Waals surface area contributed by atoms with E-state index in [0.29, 0.717) is 23.1 Å². The molecule has 0 radical (unpaired) electrons. The van der Waals surface area contributed by atoms with E-state index in [1.165, 1.54) is 12.8 Å². The molecule has 3 aromatic carbocycles. The molecular weight excluding hydrogens is 446 g/mol. The summed E-state index contributed by atoms with van der Waals surface area (Å²) < 4.78 is 35.6. The molecule has 3 heterocycles. The normalized spacial score (nSPS) is 18.6. The fraction of sp³-hybridized carbons (Fsp3) is 0.292. The lowest BCUT2D eigenvalue weighted by molar-refractivity contribution is 0.119. The van der Waals surface area contributed by atoms with Gasteiger partial charge in [-0.2, -0.15) is 5.10 Å². The minimum atomic E-state index is -3.81. The number of benzene rings is 3. The Balaban J connectivity index is 0.00000216. The summed E-state index contributed by atoms with van der Waals surface area (Å²) in [6.07, 6.45) is 2.41. The fourth-order valence-corrected chi connectivity index (χ4v) is 6.49. The number of fused-ring (bicyclic) bond motifs is 1. The first-order chi connectivity index (χ1) is 15.1. The second kappa shape index (κ2) is 8.06. The van der Waals surface area contributed by atoms with Gasteiger partial charge >= 0.3 is 0 Å². The number of halogens is 1.